The molecule has 9 nitrogen and oxygen atoms in total. The quantitative estimate of drug-likeness (QED) is 0.522. The maximum absolute atomic E-state index is 13.2. The molecule has 3 N–H and O–H groups in total. The summed E-state index contributed by atoms with van der Waals surface area (Å²) >= 11 is 0. The molecule has 2 aromatic carbocycles. The molecule has 0 radical (unpaired) electrons. The molecule has 1 fully saturated rings. The van der Waals surface area contributed by atoms with E-state index in [0.717, 1.165) is 25.7 Å². The highest BCUT2D eigenvalue weighted by Crippen LogP contribution is 2.30. The first kappa shape index (κ1) is 25.5. The van der Waals surface area contributed by atoms with Crippen molar-refractivity contribution < 1.29 is 22.7 Å². The van der Waals surface area contributed by atoms with Crippen LogP contribution in [-0.4, -0.2) is 50.8 Å². The summed E-state index contributed by atoms with van der Waals surface area (Å²) in [6, 6.07) is 10.7. The fourth-order valence-corrected chi connectivity index (χ4v) is 5.32. The Balaban J connectivity index is 1.73. The summed E-state index contributed by atoms with van der Waals surface area (Å²) < 4.78 is 33.3. The lowest BCUT2D eigenvalue weighted by Gasteiger charge is -2.22. The van der Waals surface area contributed by atoms with E-state index in [1.54, 1.807) is 37.3 Å². The minimum absolute atomic E-state index is 0.166. The summed E-state index contributed by atoms with van der Waals surface area (Å²) in [5, 5.41) is 8.54. The number of benzene rings is 2. The molecule has 0 aromatic heterocycles. The van der Waals surface area contributed by atoms with Crippen LogP contribution in [0.15, 0.2) is 47.4 Å². The first-order chi connectivity index (χ1) is 16.2. The van der Waals surface area contributed by atoms with Gasteiger partial charge in [0, 0.05) is 31.4 Å². The Hall–Kier alpha value is -3.11. The number of amides is 2. The maximum atomic E-state index is 13.2. The molecule has 1 heterocycles. The van der Waals surface area contributed by atoms with Crippen LogP contribution < -0.4 is 20.7 Å². The maximum Gasteiger partial charge on any atom is 0.246 e. The molecular weight excluding hydrogens is 456 g/mol. The highest BCUT2D eigenvalue weighted by Gasteiger charge is 2.26. The molecule has 1 atom stereocenters. The molecule has 1 unspecified atom stereocenters. The SMILES string of the molecule is COc1ccc(S(=O)(=O)N2CCCCCC2)cc1NC(C)C(=O)Nc1ccc(NC(C)=O)cc1. The van der Waals surface area contributed by atoms with Gasteiger partial charge in [-0.2, -0.15) is 4.31 Å². The van der Waals surface area contributed by atoms with E-state index in [1.165, 1.54) is 30.5 Å². The summed E-state index contributed by atoms with van der Waals surface area (Å²) in [6.07, 6.45) is 3.76. The standard InChI is InChI=1S/C24H32N4O5S/c1-17(24(30)27-20-10-8-19(9-11-20)26-18(2)29)25-22-16-21(12-13-23(22)33-3)34(31,32)28-14-6-4-5-7-15-28/h8-13,16-17,25H,4-7,14-15H2,1-3H3,(H,26,29)(H,27,30). The van der Waals surface area contributed by atoms with Gasteiger partial charge in [-0.3, -0.25) is 9.59 Å². The van der Waals surface area contributed by atoms with Crippen LogP contribution in [0.2, 0.25) is 0 Å². The molecule has 34 heavy (non-hydrogen) atoms. The molecule has 2 aromatic rings. The van der Waals surface area contributed by atoms with Crippen LogP contribution in [0.4, 0.5) is 17.1 Å². The van der Waals surface area contributed by atoms with Crippen LogP contribution >= 0.6 is 0 Å². The van der Waals surface area contributed by atoms with E-state index in [9.17, 15) is 18.0 Å². The molecule has 3 rings (SSSR count). The van der Waals surface area contributed by atoms with Gasteiger partial charge in [0.25, 0.3) is 0 Å². The molecule has 0 saturated carbocycles. The highest BCUT2D eigenvalue weighted by atomic mass is 32.2. The van der Waals surface area contributed by atoms with Crippen molar-refractivity contribution in [3.63, 3.8) is 0 Å². The Morgan fingerprint density at radius 3 is 2.09 bits per heavy atom. The predicted octanol–water partition coefficient (Wildman–Crippen LogP) is 3.66. The van der Waals surface area contributed by atoms with Crippen LogP contribution in [0.1, 0.15) is 39.5 Å². The topological polar surface area (TPSA) is 117 Å². The van der Waals surface area contributed by atoms with Gasteiger partial charge in [0.15, 0.2) is 0 Å². The lowest BCUT2D eigenvalue weighted by atomic mass is 10.2. The normalized spacial score (nSPS) is 15.6. The molecule has 1 saturated heterocycles. The van der Waals surface area contributed by atoms with Gasteiger partial charge in [0.05, 0.1) is 17.7 Å². The third-order valence-electron chi connectivity index (χ3n) is 5.61. The smallest absolute Gasteiger partial charge is 0.246 e. The van der Waals surface area contributed by atoms with Gasteiger partial charge in [0.2, 0.25) is 21.8 Å². The Bertz CT molecular complexity index is 1110. The molecule has 1 aliphatic heterocycles. The number of rotatable bonds is 8. The fraction of sp³-hybridized carbons (Fsp3) is 0.417. The zero-order chi connectivity index (χ0) is 24.7. The van der Waals surface area contributed by atoms with Crippen molar-refractivity contribution in [2.75, 3.05) is 36.1 Å². The van der Waals surface area contributed by atoms with Crippen LogP contribution in [0.3, 0.4) is 0 Å². The Labute approximate surface area is 200 Å². The molecule has 0 aliphatic carbocycles. The number of sulfonamides is 1. The first-order valence-electron chi connectivity index (χ1n) is 11.3. The second-order valence-corrected chi connectivity index (χ2v) is 10.2. The number of carbonyl (C=O) groups is 2. The van der Waals surface area contributed by atoms with Crippen molar-refractivity contribution in [3.05, 3.63) is 42.5 Å². The molecule has 10 heteroatoms. The Kier molecular flexibility index (Phi) is 8.51. The fourth-order valence-electron chi connectivity index (χ4n) is 3.78. The number of hydrogen-bond donors (Lipinski definition) is 3. The van der Waals surface area contributed by atoms with Crippen molar-refractivity contribution in [1.29, 1.82) is 0 Å². The lowest BCUT2D eigenvalue weighted by molar-refractivity contribution is -0.116. The average molecular weight is 489 g/mol. The van der Waals surface area contributed by atoms with Crippen molar-refractivity contribution in [3.8, 4) is 5.75 Å². The average Bonchev–Trinajstić information content (AvgIpc) is 3.10. The number of methoxy groups -OCH3 is 1. The van der Waals surface area contributed by atoms with Crippen molar-refractivity contribution in [2.24, 2.45) is 0 Å². The minimum atomic E-state index is -3.64. The largest absolute Gasteiger partial charge is 0.495 e. The van der Waals surface area contributed by atoms with Gasteiger partial charge in [0.1, 0.15) is 11.8 Å². The van der Waals surface area contributed by atoms with Crippen LogP contribution in [-0.2, 0) is 19.6 Å². The molecule has 2 amide bonds. The number of nitrogens with one attached hydrogen (secondary N) is 3. The van der Waals surface area contributed by atoms with Gasteiger partial charge >= 0.3 is 0 Å². The molecular formula is C24H32N4O5S. The number of ether oxygens (including phenoxy) is 1. The van der Waals surface area contributed by atoms with E-state index < -0.39 is 16.1 Å². The van der Waals surface area contributed by atoms with Crippen LogP contribution in [0.5, 0.6) is 5.75 Å². The van der Waals surface area contributed by atoms with E-state index in [4.69, 9.17) is 4.74 Å². The third kappa shape index (κ3) is 6.48. The van der Waals surface area contributed by atoms with Gasteiger partial charge in [-0.15, -0.1) is 0 Å². The number of nitrogens with zero attached hydrogens (tertiary/aromatic N) is 1. The monoisotopic (exact) mass is 488 g/mol. The second kappa shape index (κ2) is 11.3. The highest BCUT2D eigenvalue weighted by molar-refractivity contribution is 7.89. The van der Waals surface area contributed by atoms with E-state index in [-0.39, 0.29) is 16.7 Å². The first-order valence-corrected chi connectivity index (χ1v) is 12.8. The van der Waals surface area contributed by atoms with Crippen molar-refractivity contribution in [2.45, 2.75) is 50.5 Å². The van der Waals surface area contributed by atoms with Crippen LogP contribution in [0, 0.1) is 0 Å². The van der Waals surface area contributed by atoms with E-state index >= 15 is 0 Å². The zero-order valence-electron chi connectivity index (χ0n) is 19.8. The number of anilines is 3. The molecule has 0 spiro atoms. The minimum Gasteiger partial charge on any atom is -0.495 e. The second-order valence-electron chi connectivity index (χ2n) is 8.29. The van der Waals surface area contributed by atoms with E-state index in [0.29, 0.717) is 35.9 Å². The van der Waals surface area contributed by atoms with Crippen molar-refractivity contribution >= 4 is 38.9 Å². The van der Waals surface area contributed by atoms with Gasteiger partial charge in [-0.1, -0.05) is 12.8 Å². The van der Waals surface area contributed by atoms with Crippen LogP contribution in [0.25, 0.3) is 0 Å². The Morgan fingerprint density at radius 1 is 0.941 bits per heavy atom. The lowest BCUT2D eigenvalue weighted by Crippen LogP contribution is -2.33. The Morgan fingerprint density at radius 2 is 1.53 bits per heavy atom. The summed E-state index contributed by atoms with van der Waals surface area (Å²) in [6.45, 7) is 4.12. The van der Waals surface area contributed by atoms with E-state index in [2.05, 4.69) is 16.0 Å². The van der Waals surface area contributed by atoms with Gasteiger partial charge in [-0.05, 0) is 62.2 Å². The number of hydrogen-bond acceptors (Lipinski definition) is 6. The molecule has 184 valence electrons. The zero-order valence-corrected chi connectivity index (χ0v) is 20.6. The predicted molar refractivity (Wildman–Crippen MR) is 133 cm³/mol. The summed E-state index contributed by atoms with van der Waals surface area (Å²) in [4.78, 5) is 24.0. The van der Waals surface area contributed by atoms with Gasteiger partial charge < -0.3 is 20.7 Å². The summed E-state index contributed by atoms with van der Waals surface area (Å²) in [7, 11) is -2.15. The van der Waals surface area contributed by atoms with Crippen molar-refractivity contribution in [1.82, 2.24) is 4.31 Å². The molecule has 0 bridgehead atoms. The number of carbonyl (C=O) groups excluding carboxylic acids is 2. The third-order valence-corrected chi connectivity index (χ3v) is 7.51. The summed E-state index contributed by atoms with van der Waals surface area (Å²) in [5.74, 6) is -0.0483. The van der Waals surface area contributed by atoms with E-state index in [1.807, 2.05) is 0 Å². The summed E-state index contributed by atoms with van der Waals surface area (Å²) in [5.41, 5.74) is 1.61. The molecule has 1 aliphatic rings. The van der Waals surface area contributed by atoms with Gasteiger partial charge in [-0.25, -0.2) is 8.42 Å².